The lowest BCUT2D eigenvalue weighted by Gasteiger charge is -2.20. The average molecular weight is 340 g/mol. The molecular formula is C19H20N2O4. The number of carbonyl (C=O) groups excluding carboxylic acids is 4. The Bertz CT molecular complexity index is 780. The third-order valence-electron chi connectivity index (χ3n) is 5.50. The van der Waals surface area contributed by atoms with Crippen LogP contribution in [0.4, 0.5) is 4.79 Å². The summed E-state index contributed by atoms with van der Waals surface area (Å²) in [6, 6.07) is 4.69. The molecule has 6 heteroatoms. The second-order valence-electron chi connectivity index (χ2n) is 7.05. The molecule has 4 amide bonds. The maximum Gasteiger partial charge on any atom is 0.334 e. The van der Waals surface area contributed by atoms with Crippen molar-refractivity contribution in [2.75, 3.05) is 6.54 Å². The van der Waals surface area contributed by atoms with Crippen molar-refractivity contribution in [2.24, 2.45) is 0 Å². The Morgan fingerprint density at radius 1 is 0.960 bits per heavy atom. The van der Waals surface area contributed by atoms with E-state index < -0.39 is 17.8 Å². The van der Waals surface area contributed by atoms with Gasteiger partial charge in [0.1, 0.15) is 0 Å². The molecule has 1 aliphatic heterocycles. The van der Waals surface area contributed by atoms with Gasteiger partial charge in [-0.2, -0.15) is 0 Å². The monoisotopic (exact) mass is 340 g/mol. The first kappa shape index (κ1) is 16.0. The van der Waals surface area contributed by atoms with E-state index in [1.165, 1.54) is 5.56 Å². The Morgan fingerprint density at radius 3 is 2.44 bits per heavy atom. The number of aryl methyl sites for hydroxylation is 2. The molecule has 2 fully saturated rings. The fourth-order valence-electron chi connectivity index (χ4n) is 4.13. The van der Waals surface area contributed by atoms with Gasteiger partial charge in [0.25, 0.3) is 0 Å². The van der Waals surface area contributed by atoms with Crippen LogP contribution in [0.5, 0.6) is 0 Å². The van der Waals surface area contributed by atoms with Crippen molar-refractivity contribution < 1.29 is 19.2 Å². The molecule has 0 unspecified atom stereocenters. The van der Waals surface area contributed by atoms with E-state index in [-0.39, 0.29) is 18.4 Å². The molecule has 0 aromatic heterocycles. The molecule has 0 spiro atoms. The molecule has 1 saturated carbocycles. The average Bonchev–Trinajstić information content (AvgIpc) is 3.32. The second kappa shape index (κ2) is 6.10. The molecule has 0 bridgehead atoms. The van der Waals surface area contributed by atoms with E-state index in [0.717, 1.165) is 60.3 Å². The van der Waals surface area contributed by atoms with Crippen molar-refractivity contribution >= 4 is 23.6 Å². The summed E-state index contributed by atoms with van der Waals surface area (Å²) in [7, 11) is 0. The molecule has 1 aromatic carbocycles. The normalized spacial score (nSPS) is 20.7. The molecule has 1 aromatic rings. The molecule has 130 valence electrons. The Morgan fingerprint density at radius 2 is 1.68 bits per heavy atom. The van der Waals surface area contributed by atoms with Gasteiger partial charge in [-0.1, -0.05) is 25.0 Å². The van der Waals surface area contributed by atoms with E-state index >= 15 is 0 Å². The highest BCUT2D eigenvalue weighted by atomic mass is 16.2. The summed E-state index contributed by atoms with van der Waals surface area (Å²) in [5.41, 5.74) is 2.91. The number of fused-ring (bicyclic) bond motifs is 1. The molecule has 1 heterocycles. The maximum absolute atomic E-state index is 12.6. The number of benzene rings is 1. The van der Waals surface area contributed by atoms with Crippen molar-refractivity contribution in [1.29, 1.82) is 0 Å². The fourth-order valence-corrected chi connectivity index (χ4v) is 4.13. The maximum atomic E-state index is 12.6. The summed E-state index contributed by atoms with van der Waals surface area (Å²) in [5, 5.41) is 0. The minimum absolute atomic E-state index is 0.205. The van der Waals surface area contributed by atoms with Crippen LogP contribution in [0.25, 0.3) is 0 Å². The van der Waals surface area contributed by atoms with Gasteiger partial charge in [-0.3, -0.25) is 19.3 Å². The first-order chi connectivity index (χ1) is 12.1. The van der Waals surface area contributed by atoms with Crippen molar-refractivity contribution in [3.05, 3.63) is 34.9 Å². The number of urea groups is 1. The number of Topliss-reactive ketones (excluding diaryl/α,β-unsaturated/α-hetero) is 1. The Balaban J connectivity index is 1.51. The Kier molecular flexibility index (Phi) is 3.90. The number of hydrogen-bond acceptors (Lipinski definition) is 4. The number of imide groups is 2. The van der Waals surface area contributed by atoms with Gasteiger partial charge in [0, 0.05) is 11.6 Å². The third-order valence-corrected chi connectivity index (χ3v) is 5.50. The molecule has 4 rings (SSSR count). The van der Waals surface area contributed by atoms with E-state index in [4.69, 9.17) is 0 Å². The van der Waals surface area contributed by atoms with Crippen molar-refractivity contribution in [3.8, 4) is 0 Å². The van der Waals surface area contributed by atoms with Crippen LogP contribution >= 0.6 is 0 Å². The van der Waals surface area contributed by atoms with Crippen LogP contribution in [-0.4, -0.2) is 46.0 Å². The quantitative estimate of drug-likeness (QED) is 0.478. The smallest absolute Gasteiger partial charge is 0.292 e. The standard InChI is InChI=1S/C19H20N2O4/c22-16(14-9-8-12-4-3-5-13(12)10-14)11-20-17(23)18(24)21(19(20)25)15-6-1-2-7-15/h8-10,15H,1-7,11H2. The SMILES string of the molecule is O=C(CN1C(=O)C(=O)N(C2CCCC2)C1=O)c1ccc2c(c1)CCC2. The van der Waals surface area contributed by atoms with E-state index in [9.17, 15) is 19.2 Å². The lowest BCUT2D eigenvalue weighted by Crippen LogP contribution is -2.41. The number of hydrogen-bond donors (Lipinski definition) is 0. The summed E-state index contributed by atoms with van der Waals surface area (Å²) in [5.74, 6) is -1.98. The molecule has 3 aliphatic rings. The zero-order valence-electron chi connectivity index (χ0n) is 14.0. The molecular weight excluding hydrogens is 320 g/mol. The van der Waals surface area contributed by atoms with Crippen LogP contribution < -0.4 is 0 Å². The van der Waals surface area contributed by atoms with Crippen LogP contribution in [0.1, 0.15) is 53.6 Å². The van der Waals surface area contributed by atoms with Gasteiger partial charge in [-0.15, -0.1) is 0 Å². The molecule has 6 nitrogen and oxygen atoms in total. The summed E-state index contributed by atoms with van der Waals surface area (Å²) >= 11 is 0. The number of ketones is 1. The Hall–Kier alpha value is -2.50. The highest BCUT2D eigenvalue weighted by Crippen LogP contribution is 2.28. The zero-order valence-corrected chi connectivity index (χ0v) is 14.0. The molecule has 2 aliphatic carbocycles. The minimum atomic E-state index is -0.883. The summed E-state index contributed by atoms with van der Waals surface area (Å²) in [6.45, 7) is -0.370. The minimum Gasteiger partial charge on any atom is -0.292 e. The van der Waals surface area contributed by atoms with Gasteiger partial charge in [-0.25, -0.2) is 9.69 Å². The largest absolute Gasteiger partial charge is 0.334 e. The number of carbonyl (C=O) groups is 4. The second-order valence-corrected chi connectivity index (χ2v) is 7.05. The number of nitrogens with zero attached hydrogens (tertiary/aromatic N) is 2. The van der Waals surface area contributed by atoms with Gasteiger partial charge in [0.05, 0.1) is 6.54 Å². The van der Waals surface area contributed by atoms with Crippen molar-refractivity contribution in [1.82, 2.24) is 9.80 Å². The predicted octanol–water partition coefficient (Wildman–Crippen LogP) is 2.09. The van der Waals surface area contributed by atoms with E-state index in [2.05, 4.69) is 0 Å². The van der Waals surface area contributed by atoms with Crippen molar-refractivity contribution in [2.45, 2.75) is 51.0 Å². The van der Waals surface area contributed by atoms with Crippen molar-refractivity contribution in [3.63, 3.8) is 0 Å². The highest BCUT2D eigenvalue weighted by molar-refractivity contribution is 6.45. The van der Waals surface area contributed by atoms with Crippen LogP contribution in [0.3, 0.4) is 0 Å². The van der Waals surface area contributed by atoms with E-state index in [1.807, 2.05) is 12.1 Å². The van der Waals surface area contributed by atoms with Gasteiger partial charge >= 0.3 is 17.8 Å². The summed E-state index contributed by atoms with van der Waals surface area (Å²) < 4.78 is 0. The van der Waals surface area contributed by atoms with Gasteiger partial charge in [-0.05, 0) is 49.3 Å². The molecule has 0 radical (unpaired) electrons. The Labute approximate surface area is 145 Å². The summed E-state index contributed by atoms with van der Waals surface area (Å²) in [4.78, 5) is 51.3. The first-order valence-electron chi connectivity index (χ1n) is 8.90. The van der Waals surface area contributed by atoms with Crippen LogP contribution in [-0.2, 0) is 22.4 Å². The van der Waals surface area contributed by atoms with Gasteiger partial charge < -0.3 is 0 Å². The molecule has 0 atom stereocenters. The number of rotatable bonds is 4. The van der Waals surface area contributed by atoms with Gasteiger partial charge in [0.2, 0.25) is 0 Å². The molecule has 25 heavy (non-hydrogen) atoms. The zero-order chi connectivity index (χ0) is 17.6. The third kappa shape index (κ3) is 2.65. The van der Waals surface area contributed by atoms with Crippen LogP contribution in [0.15, 0.2) is 18.2 Å². The number of amides is 4. The van der Waals surface area contributed by atoms with Crippen LogP contribution in [0.2, 0.25) is 0 Å². The van der Waals surface area contributed by atoms with E-state index in [1.54, 1.807) is 6.07 Å². The first-order valence-corrected chi connectivity index (χ1v) is 8.90. The lowest BCUT2D eigenvalue weighted by atomic mass is 10.0. The lowest BCUT2D eigenvalue weighted by molar-refractivity contribution is -0.143. The fraction of sp³-hybridized carbons (Fsp3) is 0.474. The molecule has 0 N–H and O–H groups in total. The predicted molar refractivity (Wildman–Crippen MR) is 89.0 cm³/mol. The van der Waals surface area contributed by atoms with Crippen LogP contribution in [0, 0.1) is 0 Å². The van der Waals surface area contributed by atoms with Gasteiger partial charge in [0.15, 0.2) is 5.78 Å². The van der Waals surface area contributed by atoms with E-state index in [0.29, 0.717) is 5.56 Å². The summed E-state index contributed by atoms with van der Waals surface area (Å²) in [6.07, 6.45) is 6.42. The topological polar surface area (TPSA) is 74.8 Å². The highest BCUT2D eigenvalue weighted by Gasteiger charge is 2.48. The molecule has 1 saturated heterocycles.